The van der Waals surface area contributed by atoms with Gasteiger partial charge in [0.05, 0.1) is 0 Å². The van der Waals surface area contributed by atoms with E-state index in [0.717, 1.165) is 13.0 Å². The van der Waals surface area contributed by atoms with E-state index in [0.29, 0.717) is 13.0 Å². The molecule has 0 radical (unpaired) electrons. The molecule has 2 N–H and O–H groups in total. The summed E-state index contributed by atoms with van der Waals surface area (Å²) in [5, 5.41) is 3.03. The quantitative estimate of drug-likeness (QED) is 0.623. The van der Waals surface area contributed by atoms with Crippen molar-refractivity contribution in [3.05, 3.63) is 0 Å². The van der Waals surface area contributed by atoms with Crippen LogP contribution >= 0.6 is 0 Å². The minimum Gasteiger partial charge on any atom is -0.394 e. The van der Waals surface area contributed by atoms with Gasteiger partial charge in [-0.1, -0.05) is 0 Å². The van der Waals surface area contributed by atoms with Gasteiger partial charge in [-0.3, -0.25) is 0 Å². The molecule has 13 heavy (non-hydrogen) atoms. The molecule has 1 fully saturated rings. The maximum atomic E-state index is 14.3. The van der Waals surface area contributed by atoms with Crippen LogP contribution in [0.5, 0.6) is 0 Å². The lowest BCUT2D eigenvalue weighted by Gasteiger charge is -2.39. The Kier molecular flexibility index (Phi) is 2.00. The van der Waals surface area contributed by atoms with Crippen LogP contribution in [-0.4, -0.2) is 30.8 Å². The zero-order valence-electron chi connectivity index (χ0n) is 7.64. The molecule has 1 saturated heterocycles. The van der Waals surface area contributed by atoms with E-state index in [4.69, 9.17) is 4.84 Å². The normalized spacial score (nSPS) is 44.8. The summed E-state index contributed by atoms with van der Waals surface area (Å²) < 4.78 is 14.3. The first-order chi connectivity index (χ1) is 6.16. The average molecular weight is 187 g/mol. The van der Waals surface area contributed by atoms with Gasteiger partial charge in [-0.15, -0.1) is 5.48 Å². The first kappa shape index (κ1) is 8.90. The van der Waals surface area contributed by atoms with E-state index >= 15 is 0 Å². The zero-order chi connectivity index (χ0) is 9.36. The molecular weight excluding hydrogens is 173 g/mol. The third kappa shape index (κ3) is 1.32. The van der Waals surface area contributed by atoms with Crippen molar-refractivity contribution in [3.8, 4) is 0 Å². The SMILES string of the molecule is CC1(C2(F)CCCNC2)N=CON1. The van der Waals surface area contributed by atoms with Crippen LogP contribution in [0.1, 0.15) is 19.8 Å². The molecule has 2 rings (SSSR count). The van der Waals surface area contributed by atoms with Gasteiger partial charge in [0, 0.05) is 6.54 Å². The van der Waals surface area contributed by atoms with E-state index in [2.05, 4.69) is 15.8 Å². The van der Waals surface area contributed by atoms with Gasteiger partial charge >= 0.3 is 0 Å². The Bertz CT molecular complexity index is 227. The van der Waals surface area contributed by atoms with Gasteiger partial charge in [-0.2, -0.15) is 0 Å². The molecule has 0 spiro atoms. The number of rotatable bonds is 1. The van der Waals surface area contributed by atoms with Crippen molar-refractivity contribution in [1.82, 2.24) is 10.8 Å². The predicted molar refractivity (Wildman–Crippen MR) is 47.1 cm³/mol. The molecule has 2 aliphatic heterocycles. The first-order valence-electron chi connectivity index (χ1n) is 4.52. The van der Waals surface area contributed by atoms with Crippen molar-refractivity contribution in [2.45, 2.75) is 31.1 Å². The molecule has 0 bridgehead atoms. The van der Waals surface area contributed by atoms with Gasteiger partial charge in [0.1, 0.15) is 0 Å². The van der Waals surface area contributed by atoms with Crippen LogP contribution < -0.4 is 10.8 Å². The van der Waals surface area contributed by atoms with Crippen LogP contribution in [-0.2, 0) is 4.84 Å². The Balaban J connectivity index is 2.16. The van der Waals surface area contributed by atoms with Crippen molar-refractivity contribution >= 4 is 6.40 Å². The van der Waals surface area contributed by atoms with Crippen LogP contribution in [0.4, 0.5) is 4.39 Å². The Morgan fingerprint density at radius 3 is 3.00 bits per heavy atom. The van der Waals surface area contributed by atoms with Gasteiger partial charge in [-0.05, 0) is 26.3 Å². The fourth-order valence-electron chi connectivity index (χ4n) is 1.79. The third-order valence-corrected chi connectivity index (χ3v) is 2.83. The highest BCUT2D eigenvalue weighted by Crippen LogP contribution is 2.35. The van der Waals surface area contributed by atoms with Crippen molar-refractivity contribution < 1.29 is 9.23 Å². The lowest BCUT2D eigenvalue weighted by atomic mass is 9.85. The number of aliphatic imine (C=N–C) groups is 1. The minimum absolute atomic E-state index is 0.331. The standard InChI is InChI=1S/C8H14FN3O/c1-7(11-6-13-12-7)8(9)3-2-4-10-5-8/h6,10,12H,2-5H2,1H3. The van der Waals surface area contributed by atoms with Gasteiger partial charge < -0.3 is 10.2 Å². The maximum Gasteiger partial charge on any atom is 0.198 e. The second-order valence-electron chi connectivity index (χ2n) is 3.77. The minimum atomic E-state index is -1.35. The molecular formula is C8H14FN3O. The fourth-order valence-corrected chi connectivity index (χ4v) is 1.79. The molecule has 2 atom stereocenters. The van der Waals surface area contributed by atoms with Crippen molar-refractivity contribution in [2.75, 3.05) is 13.1 Å². The van der Waals surface area contributed by atoms with E-state index in [-0.39, 0.29) is 0 Å². The van der Waals surface area contributed by atoms with Gasteiger partial charge in [0.15, 0.2) is 17.7 Å². The number of nitrogens with one attached hydrogen (secondary N) is 2. The average Bonchev–Trinajstić information content (AvgIpc) is 2.55. The summed E-state index contributed by atoms with van der Waals surface area (Å²) in [5.74, 6) is 0. The van der Waals surface area contributed by atoms with Crippen LogP contribution in [0.2, 0.25) is 0 Å². The van der Waals surface area contributed by atoms with E-state index in [9.17, 15) is 4.39 Å². The van der Waals surface area contributed by atoms with E-state index in [1.54, 1.807) is 6.92 Å². The predicted octanol–water partition coefficient (Wildman–Crippen LogP) is 0.357. The highest BCUT2D eigenvalue weighted by atomic mass is 19.1. The molecule has 0 aromatic heterocycles. The summed E-state index contributed by atoms with van der Waals surface area (Å²) in [5.41, 5.74) is 0.327. The molecule has 2 unspecified atom stereocenters. The lowest BCUT2D eigenvalue weighted by molar-refractivity contribution is -0.0221. The maximum absolute atomic E-state index is 14.3. The second kappa shape index (κ2) is 2.92. The highest BCUT2D eigenvalue weighted by Gasteiger charge is 2.52. The van der Waals surface area contributed by atoms with Gasteiger partial charge in [0.2, 0.25) is 0 Å². The monoisotopic (exact) mass is 187 g/mol. The Labute approximate surface area is 76.5 Å². The summed E-state index contributed by atoms with van der Waals surface area (Å²) in [6.07, 6.45) is 2.61. The van der Waals surface area contributed by atoms with Gasteiger partial charge in [0.25, 0.3) is 0 Å². The topological polar surface area (TPSA) is 45.7 Å². The first-order valence-corrected chi connectivity index (χ1v) is 4.52. The summed E-state index contributed by atoms with van der Waals surface area (Å²) in [4.78, 5) is 8.76. The van der Waals surface area contributed by atoms with Crippen molar-refractivity contribution in [2.24, 2.45) is 4.99 Å². The Morgan fingerprint density at radius 1 is 1.62 bits per heavy atom. The molecule has 0 saturated carbocycles. The summed E-state index contributed by atoms with van der Waals surface area (Å²) in [7, 11) is 0. The molecule has 0 aliphatic carbocycles. The van der Waals surface area contributed by atoms with Gasteiger partial charge in [-0.25, -0.2) is 9.38 Å². The summed E-state index contributed by atoms with van der Waals surface area (Å²) >= 11 is 0. The molecule has 74 valence electrons. The number of halogens is 1. The number of nitrogens with zero attached hydrogens (tertiary/aromatic N) is 1. The summed E-state index contributed by atoms with van der Waals surface area (Å²) in [6, 6.07) is 0. The van der Waals surface area contributed by atoms with E-state index in [1.807, 2.05) is 0 Å². The molecule has 4 nitrogen and oxygen atoms in total. The smallest absolute Gasteiger partial charge is 0.198 e. The van der Waals surface area contributed by atoms with E-state index in [1.165, 1.54) is 6.40 Å². The fraction of sp³-hybridized carbons (Fsp3) is 0.875. The number of hydrogen-bond donors (Lipinski definition) is 2. The van der Waals surface area contributed by atoms with Crippen LogP contribution in [0.15, 0.2) is 4.99 Å². The molecule has 0 aromatic rings. The third-order valence-electron chi connectivity index (χ3n) is 2.83. The molecule has 2 heterocycles. The molecule has 0 amide bonds. The van der Waals surface area contributed by atoms with Crippen LogP contribution in [0, 0.1) is 0 Å². The van der Waals surface area contributed by atoms with Crippen LogP contribution in [0.3, 0.4) is 0 Å². The number of alkyl halides is 1. The van der Waals surface area contributed by atoms with Crippen LogP contribution in [0.25, 0.3) is 0 Å². The largest absolute Gasteiger partial charge is 0.394 e. The number of piperidine rings is 1. The highest BCUT2D eigenvalue weighted by molar-refractivity contribution is 5.49. The number of hydrogen-bond acceptors (Lipinski definition) is 4. The zero-order valence-corrected chi connectivity index (χ0v) is 7.64. The van der Waals surface area contributed by atoms with E-state index < -0.39 is 11.3 Å². The van der Waals surface area contributed by atoms with Crippen molar-refractivity contribution in [3.63, 3.8) is 0 Å². The Morgan fingerprint density at radius 2 is 2.46 bits per heavy atom. The molecule has 5 heteroatoms. The lowest BCUT2D eigenvalue weighted by Crippen LogP contribution is -2.61. The Hall–Kier alpha value is -0.680. The second-order valence-corrected chi connectivity index (χ2v) is 3.77. The molecule has 0 aromatic carbocycles. The van der Waals surface area contributed by atoms with Crippen molar-refractivity contribution in [1.29, 1.82) is 0 Å². The summed E-state index contributed by atoms with van der Waals surface area (Å²) in [6.45, 7) is 2.92. The number of hydroxylamine groups is 1. The molecule has 2 aliphatic rings.